The number of esters is 1. The zero-order chi connectivity index (χ0) is 12.1. The van der Waals surface area contributed by atoms with Crippen LogP contribution in [0.2, 0.25) is 0 Å². The molecule has 3 nitrogen and oxygen atoms in total. The molecule has 86 valence electrons. The molecule has 0 saturated carbocycles. The quantitative estimate of drug-likeness (QED) is 0.775. The molecule has 0 aliphatic rings. The Labute approximate surface area is 103 Å². The molecule has 0 spiro atoms. The molecule has 0 unspecified atom stereocenters. The zero-order valence-corrected chi connectivity index (χ0v) is 11.2. The molecule has 1 aromatic rings. The lowest BCUT2D eigenvalue weighted by atomic mass is 10.2. The van der Waals surface area contributed by atoms with Crippen molar-refractivity contribution < 1.29 is 9.53 Å². The number of pyridine rings is 1. The van der Waals surface area contributed by atoms with Crippen LogP contribution in [0.3, 0.4) is 0 Å². The van der Waals surface area contributed by atoms with E-state index in [0.717, 1.165) is 21.5 Å². The number of carbonyl (C=O) groups excluding carboxylic acids is 1. The maximum absolute atomic E-state index is 11.4. The number of hydrogen-bond donors (Lipinski definition) is 0. The van der Waals surface area contributed by atoms with Crippen LogP contribution in [-0.2, 0) is 4.74 Å². The zero-order valence-electron chi connectivity index (χ0n) is 9.58. The minimum Gasteiger partial charge on any atom is -0.464 e. The van der Waals surface area contributed by atoms with E-state index in [0.29, 0.717) is 5.69 Å². The average Bonchev–Trinajstić information content (AvgIpc) is 2.30. The van der Waals surface area contributed by atoms with Gasteiger partial charge >= 0.3 is 5.97 Å². The Morgan fingerprint density at radius 2 is 2.31 bits per heavy atom. The Morgan fingerprint density at radius 1 is 1.62 bits per heavy atom. The molecule has 0 aliphatic heterocycles. The van der Waals surface area contributed by atoms with E-state index in [-0.39, 0.29) is 0 Å². The monoisotopic (exact) mass is 283 g/mol. The van der Waals surface area contributed by atoms with E-state index >= 15 is 0 Å². The average molecular weight is 284 g/mol. The Balaban J connectivity index is 3.52. The fourth-order valence-corrected chi connectivity index (χ4v) is 1.96. The Bertz CT molecular complexity index is 508. The van der Waals surface area contributed by atoms with E-state index < -0.39 is 5.97 Å². The van der Waals surface area contributed by atoms with Crippen molar-refractivity contribution in [2.45, 2.75) is 20.3 Å². The van der Waals surface area contributed by atoms with E-state index in [4.69, 9.17) is 0 Å². The molecule has 0 aromatic carbocycles. The van der Waals surface area contributed by atoms with Crippen LogP contribution in [0.4, 0.5) is 0 Å². The van der Waals surface area contributed by atoms with Gasteiger partial charge in [-0.15, -0.1) is 0 Å². The fraction of sp³-hybridized carbons (Fsp3) is 0.333. The van der Waals surface area contributed by atoms with Crippen molar-refractivity contribution in [2.24, 2.45) is 0 Å². The number of rotatable bonds is 2. The number of aromatic nitrogens is 1. The van der Waals surface area contributed by atoms with Gasteiger partial charge in [0.2, 0.25) is 0 Å². The maximum atomic E-state index is 11.4. The number of hydrogen-bond acceptors (Lipinski definition) is 3. The summed E-state index contributed by atoms with van der Waals surface area (Å²) < 4.78 is 5.50. The Hall–Kier alpha value is -1.16. The van der Waals surface area contributed by atoms with Crippen molar-refractivity contribution in [3.05, 3.63) is 26.8 Å². The van der Waals surface area contributed by atoms with Gasteiger partial charge < -0.3 is 4.74 Å². The van der Waals surface area contributed by atoms with Gasteiger partial charge in [-0.3, -0.25) is 0 Å². The van der Waals surface area contributed by atoms with Gasteiger partial charge in [0.1, 0.15) is 5.69 Å². The van der Waals surface area contributed by atoms with Gasteiger partial charge in [-0.1, -0.05) is 35.0 Å². The highest BCUT2D eigenvalue weighted by Gasteiger charge is 2.08. The molecule has 1 heterocycles. The summed E-state index contributed by atoms with van der Waals surface area (Å²) in [6, 6.07) is 1.68. The van der Waals surface area contributed by atoms with E-state index in [2.05, 4.69) is 38.7 Å². The Kier molecular flexibility index (Phi) is 4.68. The first-order valence-corrected chi connectivity index (χ1v) is 5.84. The van der Waals surface area contributed by atoms with Crippen LogP contribution in [0.1, 0.15) is 30.8 Å². The van der Waals surface area contributed by atoms with Crippen molar-refractivity contribution >= 4 is 34.1 Å². The standard InChI is InChI=1S/C12H14BrNO2/c1-4-6-8-9(13)7-11(12(15)16-3)14-10(8)5-2/h5-7H,4H2,1-3H3/b8-6-,10-5+. The van der Waals surface area contributed by atoms with E-state index in [1.54, 1.807) is 6.07 Å². The highest BCUT2D eigenvalue weighted by atomic mass is 79.9. The molecule has 0 saturated heterocycles. The summed E-state index contributed by atoms with van der Waals surface area (Å²) in [5.41, 5.74) is 0.315. The third-order valence-electron chi connectivity index (χ3n) is 2.11. The van der Waals surface area contributed by atoms with Crippen LogP contribution in [0, 0.1) is 0 Å². The normalized spacial score (nSPS) is 13.0. The lowest BCUT2D eigenvalue weighted by Crippen LogP contribution is -2.31. The first-order chi connectivity index (χ1) is 7.63. The first kappa shape index (κ1) is 12.9. The van der Waals surface area contributed by atoms with Crippen molar-refractivity contribution in [2.75, 3.05) is 7.11 Å². The maximum Gasteiger partial charge on any atom is 0.356 e. The largest absolute Gasteiger partial charge is 0.464 e. The summed E-state index contributed by atoms with van der Waals surface area (Å²) >= 11 is 3.44. The number of nitrogens with zero attached hydrogens (tertiary/aromatic N) is 1. The second-order valence-electron chi connectivity index (χ2n) is 3.18. The summed E-state index contributed by atoms with van der Waals surface area (Å²) in [4.78, 5) is 15.6. The van der Waals surface area contributed by atoms with Crippen molar-refractivity contribution in [1.29, 1.82) is 0 Å². The van der Waals surface area contributed by atoms with Gasteiger partial charge in [0.25, 0.3) is 0 Å². The lowest BCUT2D eigenvalue weighted by Gasteiger charge is -2.01. The second kappa shape index (κ2) is 5.80. The summed E-state index contributed by atoms with van der Waals surface area (Å²) in [5, 5.41) is 1.80. The van der Waals surface area contributed by atoms with Crippen LogP contribution in [-0.4, -0.2) is 18.1 Å². The molecule has 0 N–H and O–H groups in total. The van der Waals surface area contributed by atoms with Crippen LogP contribution in [0.25, 0.3) is 12.2 Å². The number of carbonyl (C=O) groups is 1. The Morgan fingerprint density at radius 3 is 2.81 bits per heavy atom. The SMILES string of the molecule is C/C=c1/nc(C(=O)OC)cc(Br)/c1=C/CC. The minimum atomic E-state index is -0.424. The third-order valence-corrected chi connectivity index (χ3v) is 2.77. The van der Waals surface area contributed by atoms with Gasteiger partial charge in [-0.05, 0) is 19.4 Å². The van der Waals surface area contributed by atoms with E-state index in [9.17, 15) is 4.79 Å². The number of halogens is 1. The number of methoxy groups -OCH3 is 1. The van der Waals surface area contributed by atoms with E-state index in [1.807, 2.05) is 13.0 Å². The summed E-state index contributed by atoms with van der Waals surface area (Å²) in [7, 11) is 1.35. The van der Waals surface area contributed by atoms with Crippen LogP contribution in [0.15, 0.2) is 10.5 Å². The summed E-state index contributed by atoms with van der Waals surface area (Å²) in [5.74, 6) is -0.424. The molecule has 1 aromatic heterocycles. The van der Waals surface area contributed by atoms with Crippen LogP contribution >= 0.6 is 15.9 Å². The highest BCUT2D eigenvalue weighted by Crippen LogP contribution is 2.04. The summed E-state index contributed by atoms with van der Waals surface area (Å²) in [6.07, 6.45) is 4.85. The first-order valence-electron chi connectivity index (χ1n) is 5.05. The van der Waals surface area contributed by atoms with E-state index in [1.165, 1.54) is 7.11 Å². The smallest absolute Gasteiger partial charge is 0.356 e. The third kappa shape index (κ3) is 2.70. The molecular weight excluding hydrogens is 270 g/mol. The molecule has 0 fully saturated rings. The molecule has 4 heteroatoms. The van der Waals surface area contributed by atoms with Crippen molar-refractivity contribution in [1.82, 2.24) is 4.98 Å². The van der Waals surface area contributed by atoms with Crippen molar-refractivity contribution in [3.8, 4) is 0 Å². The lowest BCUT2D eigenvalue weighted by molar-refractivity contribution is 0.0593. The summed E-state index contributed by atoms with van der Waals surface area (Å²) in [6.45, 7) is 3.95. The molecule has 0 amide bonds. The molecule has 0 aliphatic carbocycles. The molecule has 1 rings (SSSR count). The molecule has 0 atom stereocenters. The molecular formula is C12H14BrNO2. The predicted molar refractivity (Wildman–Crippen MR) is 67.4 cm³/mol. The van der Waals surface area contributed by atoms with Gasteiger partial charge in [-0.2, -0.15) is 0 Å². The van der Waals surface area contributed by atoms with Crippen LogP contribution < -0.4 is 10.6 Å². The topological polar surface area (TPSA) is 39.2 Å². The van der Waals surface area contributed by atoms with Gasteiger partial charge in [0.15, 0.2) is 0 Å². The highest BCUT2D eigenvalue weighted by molar-refractivity contribution is 9.10. The van der Waals surface area contributed by atoms with Crippen molar-refractivity contribution in [3.63, 3.8) is 0 Å². The van der Waals surface area contributed by atoms with Gasteiger partial charge in [-0.25, -0.2) is 9.78 Å². The van der Waals surface area contributed by atoms with Crippen LogP contribution in [0.5, 0.6) is 0 Å². The predicted octanol–water partition coefficient (Wildman–Crippen LogP) is 1.62. The number of ether oxygens (including phenoxy) is 1. The van der Waals surface area contributed by atoms with Gasteiger partial charge in [0.05, 0.1) is 12.5 Å². The molecule has 0 bridgehead atoms. The molecule has 0 radical (unpaired) electrons. The minimum absolute atomic E-state index is 0.315. The fourth-order valence-electron chi connectivity index (χ4n) is 1.38. The molecule has 16 heavy (non-hydrogen) atoms. The second-order valence-corrected chi connectivity index (χ2v) is 4.04. The van der Waals surface area contributed by atoms with Gasteiger partial charge in [0, 0.05) is 9.69 Å².